The fraction of sp³-hybridized carbons (Fsp3) is 0.438. The lowest BCUT2D eigenvalue weighted by atomic mass is 10.0. The van der Waals surface area contributed by atoms with Crippen molar-refractivity contribution in [2.45, 2.75) is 40.2 Å². The quantitative estimate of drug-likeness (QED) is 0.883. The number of rotatable bonds is 5. The largest absolute Gasteiger partial charge is 0.480 e. The number of aromatic nitrogens is 1. The van der Waals surface area contributed by atoms with E-state index in [0.29, 0.717) is 11.3 Å². The number of nitrogens with one attached hydrogen (secondary N) is 1. The molecule has 0 aliphatic carbocycles. The van der Waals surface area contributed by atoms with E-state index < -0.39 is 12.0 Å². The molecule has 1 unspecified atom stereocenters. The summed E-state index contributed by atoms with van der Waals surface area (Å²) in [6.07, 6.45) is -0.00755. The molecule has 118 valence electrons. The fourth-order valence-electron chi connectivity index (χ4n) is 2.46. The lowest BCUT2D eigenvalue weighted by Crippen LogP contribution is -2.44. The smallest absolute Gasteiger partial charge is 0.326 e. The van der Waals surface area contributed by atoms with E-state index in [1.807, 2.05) is 26.0 Å². The van der Waals surface area contributed by atoms with Gasteiger partial charge in [0.1, 0.15) is 11.7 Å². The molecule has 0 bridgehead atoms. The Hall–Kier alpha value is -2.37. The molecule has 0 spiro atoms. The second-order valence-electron chi connectivity index (χ2n) is 5.89. The molecule has 22 heavy (non-hydrogen) atoms. The number of fused-ring (bicyclic) bond motifs is 1. The minimum absolute atomic E-state index is 0.00755. The molecule has 0 fully saturated rings. The maximum absolute atomic E-state index is 12.1. The van der Waals surface area contributed by atoms with Crippen LogP contribution in [0.15, 0.2) is 16.7 Å². The summed E-state index contributed by atoms with van der Waals surface area (Å²) < 4.78 is 5.29. The van der Waals surface area contributed by atoms with Gasteiger partial charge in [0.2, 0.25) is 5.91 Å². The van der Waals surface area contributed by atoms with Gasteiger partial charge in [-0.05, 0) is 37.0 Å². The highest BCUT2D eigenvalue weighted by molar-refractivity contribution is 5.90. The molecule has 0 saturated heterocycles. The van der Waals surface area contributed by atoms with Crippen molar-refractivity contribution >= 4 is 22.8 Å². The van der Waals surface area contributed by atoms with Crippen LogP contribution in [0.5, 0.6) is 0 Å². The third-order valence-electron chi connectivity index (χ3n) is 3.55. The van der Waals surface area contributed by atoms with Gasteiger partial charge in [0.25, 0.3) is 0 Å². The number of hydrogen-bond acceptors (Lipinski definition) is 4. The maximum Gasteiger partial charge on any atom is 0.326 e. The molecule has 0 aliphatic heterocycles. The van der Waals surface area contributed by atoms with Crippen LogP contribution in [-0.2, 0) is 16.0 Å². The van der Waals surface area contributed by atoms with Gasteiger partial charge < -0.3 is 14.9 Å². The zero-order chi connectivity index (χ0) is 16.4. The number of benzene rings is 1. The summed E-state index contributed by atoms with van der Waals surface area (Å²) in [4.78, 5) is 23.2. The Morgan fingerprint density at radius 1 is 1.32 bits per heavy atom. The van der Waals surface area contributed by atoms with E-state index in [0.717, 1.165) is 16.5 Å². The van der Waals surface area contributed by atoms with E-state index in [-0.39, 0.29) is 18.2 Å². The van der Waals surface area contributed by atoms with Crippen LogP contribution in [0.3, 0.4) is 0 Å². The standard InChI is InChI=1S/C16H20N2O4/c1-8(2)14(16(20)21)17-13(19)7-12-11-6-9(3)5-10(4)15(11)22-18-12/h5-6,8,14H,7H2,1-4H3,(H,17,19)(H,20,21). The molecule has 1 aromatic carbocycles. The lowest BCUT2D eigenvalue weighted by Gasteiger charge is -2.17. The second kappa shape index (κ2) is 6.17. The van der Waals surface area contributed by atoms with Crippen molar-refractivity contribution in [2.75, 3.05) is 0 Å². The van der Waals surface area contributed by atoms with Crippen LogP contribution in [0.4, 0.5) is 0 Å². The number of hydrogen-bond donors (Lipinski definition) is 2. The third kappa shape index (κ3) is 3.27. The van der Waals surface area contributed by atoms with Gasteiger partial charge in [-0.25, -0.2) is 4.79 Å². The molecule has 6 nitrogen and oxygen atoms in total. The van der Waals surface area contributed by atoms with E-state index in [1.165, 1.54) is 0 Å². The van der Waals surface area contributed by atoms with Crippen LogP contribution in [-0.4, -0.2) is 28.2 Å². The van der Waals surface area contributed by atoms with Gasteiger partial charge in [-0.1, -0.05) is 25.1 Å². The molecule has 1 amide bonds. The number of carbonyl (C=O) groups is 2. The normalized spacial score (nSPS) is 12.6. The van der Waals surface area contributed by atoms with Gasteiger partial charge in [-0.2, -0.15) is 0 Å². The van der Waals surface area contributed by atoms with Crippen molar-refractivity contribution in [3.8, 4) is 0 Å². The summed E-state index contributed by atoms with van der Waals surface area (Å²) in [7, 11) is 0. The fourth-order valence-corrected chi connectivity index (χ4v) is 2.46. The summed E-state index contributed by atoms with van der Waals surface area (Å²) in [6, 6.07) is 2.99. The Morgan fingerprint density at radius 3 is 2.59 bits per heavy atom. The molecule has 0 aliphatic rings. The van der Waals surface area contributed by atoms with Gasteiger partial charge >= 0.3 is 5.97 Å². The van der Waals surface area contributed by atoms with E-state index in [9.17, 15) is 9.59 Å². The molecule has 1 heterocycles. The van der Waals surface area contributed by atoms with Crippen molar-refractivity contribution in [1.82, 2.24) is 10.5 Å². The zero-order valence-electron chi connectivity index (χ0n) is 13.1. The van der Waals surface area contributed by atoms with Crippen molar-refractivity contribution in [1.29, 1.82) is 0 Å². The summed E-state index contributed by atoms with van der Waals surface area (Å²) >= 11 is 0. The number of carboxylic acid groups (broad SMARTS) is 1. The Bertz CT molecular complexity index is 718. The maximum atomic E-state index is 12.1. The zero-order valence-corrected chi connectivity index (χ0v) is 13.1. The topological polar surface area (TPSA) is 92.4 Å². The van der Waals surface area contributed by atoms with Gasteiger partial charge in [-0.3, -0.25) is 4.79 Å². The predicted molar refractivity (Wildman–Crippen MR) is 81.6 cm³/mol. The summed E-state index contributed by atoms with van der Waals surface area (Å²) in [5.74, 6) is -1.62. The Morgan fingerprint density at radius 2 is 2.00 bits per heavy atom. The summed E-state index contributed by atoms with van der Waals surface area (Å²) in [5.41, 5.74) is 3.19. The Labute approximate surface area is 128 Å². The molecule has 2 rings (SSSR count). The summed E-state index contributed by atoms with van der Waals surface area (Å²) in [6.45, 7) is 7.38. The minimum atomic E-state index is -1.04. The molecule has 2 N–H and O–H groups in total. The molecule has 2 aromatic rings. The summed E-state index contributed by atoms with van der Waals surface area (Å²) in [5, 5.41) is 16.4. The van der Waals surface area contributed by atoms with Crippen LogP contribution in [0.25, 0.3) is 11.0 Å². The number of carbonyl (C=O) groups excluding carboxylic acids is 1. The monoisotopic (exact) mass is 304 g/mol. The first-order valence-corrected chi connectivity index (χ1v) is 7.17. The average Bonchev–Trinajstić information content (AvgIpc) is 2.78. The highest BCUT2D eigenvalue weighted by atomic mass is 16.5. The van der Waals surface area contributed by atoms with Crippen LogP contribution in [0.2, 0.25) is 0 Å². The number of aliphatic carboxylic acids is 1. The van der Waals surface area contributed by atoms with Crippen molar-refractivity contribution in [2.24, 2.45) is 5.92 Å². The molecule has 1 atom stereocenters. The van der Waals surface area contributed by atoms with Gasteiger partial charge in [0.05, 0.1) is 6.42 Å². The van der Waals surface area contributed by atoms with Crippen molar-refractivity contribution in [3.63, 3.8) is 0 Å². The van der Waals surface area contributed by atoms with Crippen LogP contribution in [0, 0.1) is 19.8 Å². The van der Waals surface area contributed by atoms with Crippen molar-refractivity contribution in [3.05, 3.63) is 29.0 Å². The van der Waals surface area contributed by atoms with E-state index in [4.69, 9.17) is 9.63 Å². The molecule has 1 aromatic heterocycles. The van der Waals surface area contributed by atoms with E-state index in [2.05, 4.69) is 10.5 Å². The van der Waals surface area contributed by atoms with Crippen LogP contribution >= 0.6 is 0 Å². The average molecular weight is 304 g/mol. The highest BCUT2D eigenvalue weighted by Crippen LogP contribution is 2.24. The molecular formula is C16H20N2O4. The molecule has 6 heteroatoms. The first-order chi connectivity index (χ1) is 10.3. The number of aryl methyl sites for hydroxylation is 2. The van der Waals surface area contributed by atoms with Crippen LogP contribution in [0.1, 0.15) is 30.7 Å². The number of carboxylic acids is 1. The SMILES string of the molecule is Cc1cc(C)c2onc(CC(=O)NC(C(=O)O)C(C)C)c2c1. The van der Waals surface area contributed by atoms with Crippen LogP contribution < -0.4 is 5.32 Å². The highest BCUT2D eigenvalue weighted by Gasteiger charge is 2.24. The first-order valence-electron chi connectivity index (χ1n) is 7.17. The molecular weight excluding hydrogens is 284 g/mol. The van der Waals surface area contributed by atoms with E-state index >= 15 is 0 Å². The first kappa shape index (κ1) is 16.0. The van der Waals surface area contributed by atoms with Gasteiger partial charge in [0, 0.05) is 5.39 Å². The molecule has 0 radical (unpaired) electrons. The Balaban J connectivity index is 2.20. The second-order valence-corrected chi connectivity index (χ2v) is 5.89. The Kier molecular flexibility index (Phi) is 4.49. The lowest BCUT2D eigenvalue weighted by molar-refractivity contribution is -0.143. The van der Waals surface area contributed by atoms with E-state index in [1.54, 1.807) is 13.8 Å². The minimum Gasteiger partial charge on any atom is -0.480 e. The third-order valence-corrected chi connectivity index (χ3v) is 3.55. The predicted octanol–water partition coefficient (Wildman–Crippen LogP) is 2.21. The van der Waals surface area contributed by atoms with Gasteiger partial charge in [0.15, 0.2) is 5.58 Å². The van der Waals surface area contributed by atoms with Crippen molar-refractivity contribution < 1.29 is 19.2 Å². The van der Waals surface area contributed by atoms with Gasteiger partial charge in [-0.15, -0.1) is 0 Å². The number of amides is 1. The number of nitrogens with zero attached hydrogens (tertiary/aromatic N) is 1. The molecule has 0 saturated carbocycles.